The van der Waals surface area contributed by atoms with Crippen molar-refractivity contribution in [3.05, 3.63) is 95.1 Å². The van der Waals surface area contributed by atoms with Crippen molar-refractivity contribution in [2.24, 2.45) is 0 Å². The molecule has 0 unspecified atom stereocenters. The Morgan fingerprint density at radius 3 is 1.42 bits per heavy atom. The van der Waals surface area contributed by atoms with E-state index in [9.17, 15) is 0 Å². The monoisotopic (exact) mass is 519 g/mol. The molecule has 7 rings (SSSR count). The van der Waals surface area contributed by atoms with E-state index in [0.717, 1.165) is 36.8 Å². The predicted octanol–water partition coefficient (Wildman–Crippen LogP) is 9.58. The number of hydrogen-bond acceptors (Lipinski definition) is 3. The Hall–Kier alpha value is -3.26. The van der Waals surface area contributed by atoms with E-state index in [2.05, 4.69) is 91.6 Å². The van der Waals surface area contributed by atoms with E-state index in [4.69, 9.17) is 8.39 Å². The summed E-state index contributed by atoms with van der Waals surface area (Å²) in [7, 11) is 2.80. The van der Waals surface area contributed by atoms with Gasteiger partial charge in [0.25, 0.3) is 0 Å². The summed E-state index contributed by atoms with van der Waals surface area (Å²) in [6.07, 6.45) is 9.39. The molecule has 0 spiro atoms. The minimum absolute atomic E-state index is 1.01. The highest BCUT2D eigenvalue weighted by Crippen LogP contribution is 2.48. The molecule has 38 heavy (non-hydrogen) atoms. The van der Waals surface area contributed by atoms with E-state index in [1.54, 1.807) is 0 Å². The van der Waals surface area contributed by atoms with E-state index in [1.807, 2.05) is 0 Å². The Bertz CT molecular complexity index is 1570. The van der Waals surface area contributed by atoms with E-state index < -0.39 is 8.16 Å². The average Bonchev–Trinajstić information content (AvgIpc) is 3.16. The number of benzene rings is 4. The smallest absolute Gasteiger partial charge is 0.309 e. The van der Waals surface area contributed by atoms with Crippen molar-refractivity contribution < 1.29 is 8.39 Å². The van der Waals surface area contributed by atoms with Crippen molar-refractivity contribution in [1.29, 1.82) is 0 Å². The van der Waals surface area contributed by atoms with Crippen molar-refractivity contribution in [2.75, 3.05) is 18.8 Å². The standard InChI is InChI=1S/C34H34NO2P/c1-35(2)38-36-33-29(23-13-5-3-6-14-23)21-25-17-9-11-19-27(25)31(33)32-28-20-12-10-18-26(28)22-30(34(32)37-38)24-15-7-4-8-16-24/h3-8,13-16,21-22H,9-12,17-20H2,1-2H3. The van der Waals surface area contributed by atoms with Gasteiger partial charge in [-0.15, -0.1) is 0 Å². The zero-order chi connectivity index (χ0) is 25.6. The molecule has 3 nitrogen and oxygen atoms in total. The Balaban J connectivity index is 1.76. The van der Waals surface area contributed by atoms with Gasteiger partial charge >= 0.3 is 8.16 Å². The van der Waals surface area contributed by atoms with Crippen LogP contribution in [0.3, 0.4) is 0 Å². The lowest BCUT2D eigenvalue weighted by Crippen LogP contribution is -2.07. The average molecular weight is 520 g/mol. The van der Waals surface area contributed by atoms with Crippen LogP contribution < -0.4 is 4.67 Å². The minimum Gasteiger partial charge on any atom is -0.407 e. The van der Waals surface area contributed by atoms with E-state index in [0.29, 0.717) is 0 Å². The molecule has 0 saturated carbocycles. The summed E-state index contributed by atoms with van der Waals surface area (Å²) < 4.78 is 16.1. The molecule has 0 saturated heterocycles. The fourth-order valence-corrected chi connectivity index (χ4v) is 7.55. The van der Waals surface area contributed by atoms with Crippen molar-refractivity contribution in [3.63, 3.8) is 0 Å². The lowest BCUT2D eigenvalue weighted by Gasteiger charge is -2.23. The third-order valence-corrected chi connectivity index (χ3v) is 9.62. The molecule has 0 atom stereocenters. The number of nitrogens with zero attached hydrogens (tertiary/aromatic N) is 1. The van der Waals surface area contributed by atoms with E-state index in [1.165, 1.54) is 81.0 Å². The van der Waals surface area contributed by atoms with Gasteiger partial charge in [0.15, 0.2) is 11.2 Å². The van der Waals surface area contributed by atoms with Crippen LogP contribution in [-0.2, 0) is 25.7 Å². The van der Waals surface area contributed by atoms with Gasteiger partial charge in [-0.2, -0.15) is 0 Å². The van der Waals surface area contributed by atoms with Crippen molar-refractivity contribution in [3.8, 4) is 22.3 Å². The van der Waals surface area contributed by atoms with E-state index in [-0.39, 0.29) is 0 Å². The molecule has 2 aliphatic rings. The SMILES string of the molecule is CN(C)p1oc2c(-c3ccccc3)cc3c(c2c2c4c(cc(-c5ccccc5)c2o1)CCCC4)CCCC3. The summed E-state index contributed by atoms with van der Waals surface area (Å²) in [6.45, 7) is 0. The quantitative estimate of drug-likeness (QED) is 0.238. The largest absolute Gasteiger partial charge is 0.407 e. The first-order valence-corrected chi connectivity index (χ1v) is 15.1. The van der Waals surface area contributed by atoms with Crippen molar-refractivity contribution >= 4 is 30.1 Å². The normalized spacial score (nSPS) is 15.0. The van der Waals surface area contributed by atoms with Crippen LogP contribution in [0.25, 0.3) is 44.2 Å². The zero-order valence-electron chi connectivity index (χ0n) is 22.3. The van der Waals surface area contributed by atoms with Gasteiger partial charge in [-0.3, -0.25) is 0 Å². The molecule has 1 aromatic heterocycles. The summed E-state index contributed by atoms with van der Waals surface area (Å²) in [5, 5.41) is 2.61. The number of fused-ring (bicyclic) bond motifs is 7. The van der Waals surface area contributed by atoms with Gasteiger partial charge in [-0.25, -0.2) is 4.67 Å². The molecule has 192 valence electrons. The highest BCUT2D eigenvalue weighted by molar-refractivity contribution is 7.38. The zero-order valence-corrected chi connectivity index (χ0v) is 23.2. The summed E-state index contributed by atoms with van der Waals surface area (Å²) in [5.41, 5.74) is 12.7. The van der Waals surface area contributed by atoms with Gasteiger partial charge in [-0.1, -0.05) is 60.7 Å². The maximum absolute atomic E-state index is 7.00. The molecule has 0 amide bonds. The summed E-state index contributed by atoms with van der Waals surface area (Å²) in [6, 6.07) is 26.4. The lowest BCUT2D eigenvalue weighted by molar-refractivity contribution is 0.633. The van der Waals surface area contributed by atoms with Gasteiger partial charge in [0, 0.05) is 36.0 Å². The third-order valence-electron chi connectivity index (χ3n) is 8.29. The molecule has 0 bridgehead atoms. The fourth-order valence-electron chi connectivity index (χ4n) is 6.49. The number of rotatable bonds is 3. The molecule has 4 heteroatoms. The third kappa shape index (κ3) is 4.01. The summed E-state index contributed by atoms with van der Waals surface area (Å²) in [5.74, 6) is 0. The molecule has 2 aliphatic carbocycles. The Morgan fingerprint density at radius 2 is 1.00 bits per heavy atom. The molecule has 0 radical (unpaired) electrons. The molecular weight excluding hydrogens is 485 g/mol. The topological polar surface area (TPSA) is 29.5 Å². The molecule has 0 aliphatic heterocycles. The summed E-state index contributed by atoms with van der Waals surface area (Å²) >= 11 is 0. The van der Waals surface area contributed by atoms with Gasteiger partial charge in [0.1, 0.15) is 0 Å². The molecule has 4 aromatic carbocycles. The van der Waals surface area contributed by atoms with Crippen LogP contribution in [0.5, 0.6) is 0 Å². The summed E-state index contributed by atoms with van der Waals surface area (Å²) in [4.78, 5) is 0. The molecule has 0 fully saturated rings. The number of hydrogen-bond donors (Lipinski definition) is 0. The van der Waals surface area contributed by atoms with Crippen molar-refractivity contribution in [1.82, 2.24) is 0 Å². The lowest BCUT2D eigenvalue weighted by atomic mass is 9.81. The van der Waals surface area contributed by atoms with Gasteiger partial charge in [0.05, 0.1) is 0 Å². The first kappa shape index (κ1) is 23.8. The molecule has 5 aromatic rings. The second-order valence-electron chi connectivity index (χ2n) is 10.9. The highest BCUT2D eigenvalue weighted by atomic mass is 31.1. The second-order valence-corrected chi connectivity index (χ2v) is 12.6. The number of aryl methyl sites for hydroxylation is 4. The van der Waals surface area contributed by atoms with Gasteiger partial charge in [-0.05, 0) is 96.9 Å². The first-order chi connectivity index (χ1) is 18.7. The van der Waals surface area contributed by atoms with Gasteiger partial charge in [0.2, 0.25) is 0 Å². The second kappa shape index (κ2) is 9.80. The first-order valence-electron chi connectivity index (χ1n) is 14.0. The maximum atomic E-state index is 7.00. The van der Waals surface area contributed by atoms with Crippen LogP contribution in [-0.4, -0.2) is 14.1 Å². The molecule has 1 heterocycles. The van der Waals surface area contributed by atoms with Crippen LogP contribution in [0.15, 0.2) is 81.2 Å². The van der Waals surface area contributed by atoms with Crippen molar-refractivity contribution in [2.45, 2.75) is 51.4 Å². The Morgan fingerprint density at radius 1 is 0.579 bits per heavy atom. The Labute approximate surface area is 225 Å². The van der Waals surface area contributed by atoms with Crippen LogP contribution in [0.2, 0.25) is 0 Å². The van der Waals surface area contributed by atoms with Crippen LogP contribution in [0.1, 0.15) is 47.9 Å². The van der Waals surface area contributed by atoms with Crippen LogP contribution >= 0.6 is 8.16 Å². The van der Waals surface area contributed by atoms with E-state index >= 15 is 0 Å². The predicted molar refractivity (Wildman–Crippen MR) is 161 cm³/mol. The minimum atomic E-state index is -1.34. The fraction of sp³-hybridized carbons (Fsp3) is 0.294. The van der Waals surface area contributed by atoms with Crippen LogP contribution in [0.4, 0.5) is 0 Å². The Kier molecular flexibility index (Phi) is 6.15. The molecule has 0 N–H and O–H groups in total. The highest BCUT2D eigenvalue weighted by Gasteiger charge is 2.26. The maximum Gasteiger partial charge on any atom is 0.309 e. The van der Waals surface area contributed by atoms with Gasteiger partial charge < -0.3 is 8.39 Å². The van der Waals surface area contributed by atoms with Crippen LogP contribution in [0, 0.1) is 0 Å². The molecular formula is C34H34NO2P.